The van der Waals surface area contributed by atoms with Gasteiger partial charge in [-0.1, -0.05) is 24.3 Å². The van der Waals surface area contributed by atoms with Crippen molar-refractivity contribution < 1.29 is 13.2 Å². The molecule has 0 bridgehead atoms. The number of sulfonamides is 1. The van der Waals surface area contributed by atoms with E-state index in [0.717, 1.165) is 30.4 Å². The van der Waals surface area contributed by atoms with Crippen molar-refractivity contribution in [2.24, 2.45) is 0 Å². The number of fused-ring (bicyclic) bond motifs is 1. The monoisotopic (exact) mass is 345 g/mol. The van der Waals surface area contributed by atoms with Crippen LogP contribution in [0.5, 0.6) is 5.75 Å². The fraction of sp³-hybridized carbons (Fsp3) is 0.368. The molecular formula is C19H23NO3S. The predicted octanol–water partition coefficient (Wildman–Crippen LogP) is 3.61. The van der Waals surface area contributed by atoms with E-state index in [0.29, 0.717) is 10.6 Å². The quantitative estimate of drug-likeness (QED) is 0.900. The van der Waals surface area contributed by atoms with Crippen LogP contribution in [0.1, 0.15) is 42.5 Å². The van der Waals surface area contributed by atoms with E-state index in [1.54, 1.807) is 13.2 Å². The summed E-state index contributed by atoms with van der Waals surface area (Å²) in [6.45, 7) is 1.83. The van der Waals surface area contributed by atoms with Crippen LogP contribution in [0.4, 0.5) is 0 Å². The second-order valence-corrected chi connectivity index (χ2v) is 7.94. The normalized spacial score (nSPS) is 15.6. The SMILES string of the molecule is COc1ccccc1[C@@H](C)NS(=O)(=O)c1ccc2c(c1)CCCC2. The van der Waals surface area contributed by atoms with E-state index >= 15 is 0 Å². The molecule has 24 heavy (non-hydrogen) atoms. The van der Waals surface area contributed by atoms with Gasteiger partial charge in [0.1, 0.15) is 5.75 Å². The Morgan fingerprint density at radius 3 is 2.50 bits per heavy atom. The summed E-state index contributed by atoms with van der Waals surface area (Å²) in [6.07, 6.45) is 4.31. The molecule has 1 aliphatic carbocycles. The van der Waals surface area contributed by atoms with Crippen LogP contribution in [-0.4, -0.2) is 15.5 Å². The number of nitrogens with one attached hydrogen (secondary N) is 1. The summed E-state index contributed by atoms with van der Waals surface area (Å²) >= 11 is 0. The lowest BCUT2D eigenvalue weighted by Gasteiger charge is -2.19. The van der Waals surface area contributed by atoms with Crippen molar-refractivity contribution in [2.45, 2.75) is 43.5 Å². The second kappa shape index (κ2) is 6.95. The van der Waals surface area contributed by atoms with Gasteiger partial charge >= 0.3 is 0 Å². The Labute approximate surface area is 143 Å². The molecule has 1 N–H and O–H groups in total. The largest absolute Gasteiger partial charge is 0.496 e. The number of para-hydroxylation sites is 1. The van der Waals surface area contributed by atoms with Gasteiger partial charge in [0.15, 0.2) is 0 Å². The maximum absolute atomic E-state index is 12.7. The average molecular weight is 345 g/mol. The average Bonchev–Trinajstić information content (AvgIpc) is 2.60. The smallest absolute Gasteiger partial charge is 0.241 e. The molecule has 0 unspecified atom stereocenters. The summed E-state index contributed by atoms with van der Waals surface area (Å²) in [5.74, 6) is 0.679. The highest BCUT2D eigenvalue weighted by molar-refractivity contribution is 7.89. The van der Waals surface area contributed by atoms with E-state index in [2.05, 4.69) is 4.72 Å². The highest BCUT2D eigenvalue weighted by Crippen LogP contribution is 2.27. The molecular weight excluding hydrogens is 322 g/mol. The molecule has 1 atom stereocenters. The first kappa shape index (κ1) is 17.0. The van der Waals surface area contributed by atoms with E-state index in [4.69, 9.17) is 4.74 Å². The van der Waals surface area contributed by atoms with Gasteiger partial charge in [0.25, 0.3) is 0 Å². The first-order chi connectivity index (χ1) is 11.5. The number of hydrogen-bond acceptors (Lipinski definition) is 3. The summed E-state index contributed by atoms with van der Waals surface area (Å²) in [4.78, 5) is 0.338. The zero-order valence-corrected chi connectivity index (χ0v) is 14.9. The van der Waals surface area contributed by atoms with E-state index in [9.17, 15) is 8.42 Å². The van der Waals surface area contributed by atoms with E-state index < -0.39 is 10.0 Å². The number of aryl methyl sites for hydroxylation is 2. The third-order valence-corrected chi connectivity index (χ3v) is 6.11. The molecule has 4 nitrogen and oxygen atoms in total. The molecule has 2 aromatic carbocycles. The second-order valence-electron chi connectivity index (χ2n) is 6.22. The predicted molar refractivity (Wildman–Crippen MR) is 94.8 cm³/mol. The van der Waals surface area contributed by atoms with Gasteiger partial charge in [0.2, 0.25) is 10.0 Å². The Kier molecular flexibility index (Phi) is 4.92. The molecule has 0 aliphatic heterocycles. The van der Waals surface area contributed by atoms with Crippen molar-refractivity contribution in [3.63, 3.8) is 0 Å². The van der Waals surface area contributed by atoms with E-state index in [-0.39, 0.29) is 6.04 Å². The van der Waals surface area contributed by atoms with Gasteiger partial charge in [-0.2, -0.15) is 0 Å². The molecule has 0 amide bonds. The van der Waals surface area contributed by atoms with Crippen LogP contribution in [0.2, 0.25) is 0 Å². The molecule has 2 aromatic rings. The summed E-state index contributed by atoms with van der Waals surface area (Å²) in [5.41, 5.74) is 3.26. The molecule has 128 valence electrons. The van der Waals surface area contributed by atoms with Gasteiger partial charge in [-0.25, -0.2) is 13.1 Å². The zero-order valence-electron chi connectivity index (χ0n) is 14.1. The molecule has 3 rings (SSSR count). The highest BCUT2D eigenvalue weighted by Gasteiger charge is 2.22. The lowest BCUT2D eigenvalue weighted by Crippen LogP contribution is -2.27. The third-order valence-electron chi connectivity index (χ3n) is 4.57. The molecule has 1 aliphatic rings. The van der Waals surface area contributed by atoms with Gasteiger partial charge in [-0.3, -0.25) is 0 Å². The van der Waals surface area contributed by atoms with Crippen LogP contribution >= 0.6 is 0 Å². The van der Waals surface area contributed by atoms with Gasteiger partial charge in [0.05, 0.1) is 12.0 Å². The van der Waals surface area contributed by atoms with E-state index in [1.807, 2.05) is 43.3 Å². The Bertz CT molecular complexity index is 830. The van der Waals surface area contributed by atoms with Crippen LogP contribution in [0.15, 0.2) is 47.4 Å². The maximum atomic E-state index is 12.7. The topological polar surface area (TPSA) is 55.4 Å². The van der Waals surface area contributed by atoms with Crippen molar-refractivity contribution in [2.75, 3.05) is 7.11 Å². The standard InChI is InChI=1S/C19H23NO3S/c1-14(18-9-5-6-10-19(18)23-2)20-24(21,22)17-12-11-15-7-3-4-8-16(15)13-17/h5-6,9-14,20H,3-4,7-8H2,1-2H3/t14-/m1/s1. The van der Waals surface area contributed by atoms with Crippen molar-refractivity contribution in [1.82, 2.24) is 4.72 Å². The Hall–Kier alpha value is -1.85. The fourth-order valence-corrected chi connectivity index (χ4v) is 4.54. The Morgan fingerprint density at radius 1 is 1.04 bits per heavy atom. The van der Waals surface area contributed by atoms with Crippen LogP contribution in [0.25, 0.3) is 0 Å². The molecule has 0 aromatic heterocycles. The molecule has 0 heterocycles. The van der Waals surface area contributed by atoms with Crippen molar-refractivity contribution >= 4 is 10.0 Å². The lowest BCUT2D eigenvalue weighted by molar-refractivity contribution is 0.405. The minimum absolute atomic E-state index is 0.338. The minimum Gasteiger partial charge on any atom is -0.496 e. The molecule has 0 radical (unpaired) electrons. The first-order valence-corrected chi connectivity index (χ1v) is 9.76. The lowest BCUT2D eigenvalue weighted by atomic mass is 9.92. The van der Waals surface area contributed by atoms with Gasteiger partial charge in [-0.05, 0) is 61.9 Å². The Morgan fingerprint density at radius 2 is 1.75 bits per heavy atom. The van der Waals surface area contributed by atoms with Crippen molar-refractivity contribution in [3.8, 4) is 5.75 Å². The number of rotatable bonds is 5. The highest BCUT2D eigenvalue weighted by atomic mass is 32.2. The van der Waals surface area contributed by atoms with Gasteiger partial charge in [-0.15, -0.1) is 0 Å². The summed E-state index contributed by atoms with van der Waals surface area (Å²) < 4.78 is 33.6. The maximum Gasteiger partial charge on any atom is 0.241 e. The van der Waals surface area contributed by atoms with Crippen molar-refractivity contribution in [3.05, 3.63) is 59.2 Å². The minimum atomic E-state index is -3.57. The van der Waals surface area contributed by atoms with Crippen molar-refractivity contribution in [1.29, 1.82) is 0 Å². The molecule has 5 heteroatoms. The number of methoxy groups -OCH3 is 1. The van der Waals surface area contributed by atoms with Gasteiger partial charge in [0, 0.05) is 11.6 Å². The third kappa shape index (κ3) is 3.47. The first-order valence-electron chi connectivity index (χ1n) is 8.28. The number of benzene rings is 2. The Balaban J connectivity index is 1.86. The fourth-order valence-electron chi connectivity index (χ4n) is 3.27. The number of ether oxygens (including phenoxy) is 1. The summed E-state index contributed by atoms with van der Waals surface area (Å²) in [5, 5.41) is 0. The zero-order chi connectivity index (χ0) is 17.2. The number of hydrogen-bond donors (Lipinski definition) is 1. The molecule has 0 saturated heterocycles. The van der Waals surface area contributed by atoms with Gasteiger partial charge < -0.3 is 4.74 Å². The summed E-state index contributed by atoms with van der Waals surface area (Å²) in [6, 6.07) is 12.6. The van der Waals surface area contributed by atoms with Crippen LogP contribution in [0, 0.1) is 0 Å². The summed E-state index contributed by atoms with van der Waals surface area (Å²) in [7, 11) is -1.98. The molecule has 0 fully saturated rings. The molecule has 0 spiro atoms. The van der Waals surface area contributed by atoms with Crippen LogP contribution in [0.3, 0.4) is 0 Å². The van der Waals surface area contributed by atoms with Crippen LogP contribution < -0.4 is 9.46 Å². The van der Waals surface area contributed by atoms with Crippen LogP contribution in [-0.2, 0) is 22.9 Å². The van der Waals surface area contributed by atoms with E-state index in [1.165, 1.54) is 12.0 Å². The molecule has 0 saturated carbocycles.